The number of nitrogens with zero attached hydrogens (tertiary/aromatic N) is 1. The first-order valence-corrected chi connectivity index (χ1v) is 8.55. The maximum Gasteiger partial charge on any atom is 0.242 e. The number of halogens is 1. The molecule has 2 N–H and O–H groups in total. The molecule has 0 unspecified atom stereocenters. The van der Waals surface area contributed by atoms with E-state index in [-0.39, 0.29) is 4.90 Å². The summed E-state index contributed by atoms with van der Waals surface area (Å²) in [5.74, 6) is 0. The van der Waals surface area contributed by atoms with Crippen LogP contribution in [-0.4, -0.2) is 52.6 Å². The molecule has 5 nitrogen and oxygen atoms in total. The Morgan fingerprint density at radius 1 is 1.35 bits per heavy atom. The Hall–Kier alpha value is -0.660. The lowest BCUT2D eigenvalue weighted by molar-refractivity contribution is 0.245. The number of nitrogens with one attached hydrogen (secondary N) is 2. The topological polar surface area (TPSA) is 61.4 Å². The van der Waals surface area contributed by atoms with Crippen molar-refractivity contribution in [3.63, 3.8) is 0 Å². The third-order valence-electron chi connectivity index (χ3n) is 3.38. The highest BCUT2D eigenvalue weighted by molar-refractivity contribution is 7.89. The highest BCUT2D eigenvalue weighted by Gasteiger charge is 2.19. The summed E-state index contributed by atoms with van der Waals surface area (Å²) in [5, 5.41) is 3.56. The molecule has 1 saturated heterocycles. The zero-order valence-corrected chi connectivity index (χ0v) is 13.1. The Bertz CT molecular complexity index is 557. The van der Waals surface area contributed by atoms with Gasteiger partial charge in [0.1, 0.15) is 4.90 Å². The number of benzene rings is 1. The summed E-state index contributed by atoms with van der Waals surface area (Å²) in [7, 11) is -3.54. The molecular formula is C13H20ClN3O2S. The van der Waals surface area contributed by atoms with Gasteiger partial charge in [-0.15, -0.1) is 0 Å². The van der Waals surface area contributed by atoms with Crippen LogP contribution in [0.15, 0.2) is 23.1 Å². The number of aryl methyl sites for hydroxylation is 1. The van der Waals surface area contributed by atoms with Crippen LogP contribution < -0.4 is 10.0 Å². The number of sulfonamides is 1. The number of hydrogen-bond acceptors (Lipinski definition) is 4. The van der Waals surface area contributed by atoms with Gasteiger partial charge in [-0.25, -0.2) is 13.1 Å². The van der Waals surface area contributed by atoms with Gasteiger partial charge in [0.25, 0.3) is 0 Å². The summed E-state index contributed by atoms with van der Waals surface area (Å²) >= 11 is 6.07. The fourth-order valence-corrected chi connectivity index (χ4v) is 3.78. The Morgan fingerprint density at radius 2 is 2.05 bits per heavy atom. The van der Waals surface area contributed by atoms with Crippen molar-refractivity contribution in [3.05, 3.63) is 28.8 Å². The van der Waals surface area contributed by atoms with Gasteiger partial charge in [-0.2, -0.15) is 0 Å². The number of hydrogen-bond donors (Lipinski definition) is 2. The van der Waals surface area contributed by atoms with Crippen LogP contribution in [0.2, 0.25) is 5.02 Å². The van der Waals surface area contributed by atoms with Crippen molar-refractivity contribution in [2.45, 2.75) is 11.8 Å². The van der Waals surface area contributed by atoms with Gasteiger partial charge in [-0.3, -0.25) is 4.90 Å². The van der Waals surface area contributed by atoms with Gasteiger partial charge < -0.3 is 5.32 Å². The first-order valence-electron chi connectivity index (χ1n) is 6.68. The third-order valence-corrected chi connectivity index (χ3v) is 5.49. The summed E-state index contributed by atoms with van der Waals surface area (Å²) in [6, 6.07) is 5.02. The van der Waals surface area contributed by atoms with Gasteiger partial charge in [0.2, 0.25) is 10.0 Å². The Labute approximate surface area is 125 Å². The molecule has 7 heteroatoms. The molecule has 1 aromatic rings. The minimum absolute atomic E-state index is 0.152. The number of piperazine rings is 1. The molecule has 0 amide bonds. The molecule has 0 atom stereocenters. The first kappa shape index (κ1) is 15.7. The van der Waals surface area contributed by atoms with Crippen LogP contribution >= 0.6 is 11.6 Å². The van der Waals surface area contributed by atoms with Crippen LogP contribution in [0.1, 0.15) is 5.56 Å². The fourth-order valence-electron chi connectivity index (χ4n) is 2.18. The SMILES string of the molecule is Cc1cccc(S(=O)(=O)NCCN2CCNCC2)c1Cl. The molecule has 0 aromatic heterocycles. The molecule has 0 radical (unpaired) electrons. The minimum atomic E-state index is -3.54. The zero-order chi connectivity index (χ0) is 14.6. The van der Waals surface area contributed by atoms with Crippen LogP contribution in [0.3, 0.4) is 0 Å². The van der Waals surface area contributed by atoms with E-state index >= 15 is 0 Å². The minimum Gasteiger partial charge on any atom is -0.314 e. The van der Waals surface area contributed by atoms with Crippen LogP contribution in [0.5, 0.6) is 0 Å². The lowest BCUT2D eigenvalue weighted by Crippen LogP contribution is -2.46. The van der Waals surface area contributed by atoms with Crippen molar-refractivity contribution in [2.75, 3.05) is 39.3 Å². The molecule has 0 spiro atoms. The van der Waals surface area contributed by atoms with E-state index in [1.807, 2.05) is 0 Å². The molecule has 112 valence electrons. The highest BCUT2D eigenvalue weighted by atomic mass is 35.5. The van der Waals surface area contributed by atoms with E-state index in [0.717, 1.165) is 31.7 Å². The molecule has 0 aliphatic carbocycles. The van der Waals surface area contributed by atoms with E-state index in [9.17, 15) is 8.42 Å². The summed E-state index contributed by atoms with van der Waals surface area (Å²) in [5.41, 5.74) is 0.761. The van der Waals surface area contributed by atoms with Crippen LogP contribution in [-0.2, 0) is 10.0 Å². The van der Waals surface area contributed by atoms with Crippen molar-refractivity contribution in [3.8, 4) is 0 Å². The normalized spacial score (nSPS) is 17.3. The second kappa shape index (κ2) is 6.87. The predicted molar refractivity (Wildman–Crippen MR) is 80.7 cm³/mol. The molecule has 1 heterocycles. The maximum absolute atomic E-state index is 12.2. The van der Waals surface area contributed by atoms with E-state index in [0.29, 0.717) is 18.1 Å². The van der Waals surface area contributed by atoms with Crippen LogP contribution in [0.4, 0.5) is 0 Å². The second-order valence-corrected chi connectivity index (χ2v) is 6.99. The third kappa shape index (κ3) is 3.93. The van der Waals surface area contributed by atoms with Gasteiger partial charge >= 0.3 is 0 Å². The van der Waals surface area contributed by atoms with Gasteiger partial charge in [-0.05, 0) is 18.6 Å². The van der Waals surface area contributed by atoms with E-state index in [1.165, 1.54) is 6.07 Å². The molecule has 1 aliphatic rings. The van der Waals surface area contributed by atoms with Gasteiger partial charge in [0, 0.05) is 39.3 Å². The molecule has 0 bridgehead atoms. The van der Waals surface area contributed by atoms with Crippen molar-refractivity contribution in [2.24, 2.45) is 0 Å². The van der Waals surface area contributed by atoms with E-state index < -0.39 is 10.0 Å². The largest absolute Gasteiger partial charge is 0.314 e. The van der Waals surface area contributed by atoms with E-state index in [4.69, 9.17) is 11.6 Å². The molecule has 1 aromatic carbocycles. The fraction of sp³-hybridized carbons (Fsp3) is 0.538. The van der Waals surface area contributed by atoms with Crippen molar-refractivity contribution in [1.29, 1.82) is 0 Å². The first-order chi connectivity index (χ1) is 9.50. The molecule has 20 heavy (non-hydrogen) atoms. The maximum atomic E-state index is 12.2. The molecular weight excluding hydrogens is 298 g/mol. The molecule has 0 saturated carbocycles. The monoisotopic (exact) mass is 317 g/mol. The summed E-state index contributed by atoms with van der Waals surface area (Å²) in [6.45, 7) is 6.71. The van der Waals surface area contributed by atoms with E-state index in [2.05, 4.69) is 14.9 Å². The molecule has 2 rings (SSSR count). The van der Waals surface area contributed by atoms with Crippen molar-refractivity contribution in [1.82, 2.24) is 14.9 Å². The zero-order valence-electron chi connectivity index (χ0n) is 11.5. The molecule has 1 aliphatic heterocycles. The average molecular weight is 318 g/mol. The predicted octanol–water partition coefficient (Wildman–Crippen LogP) is 0.832. The lowest BCUT2D eigenvalue weighted by atomic mass is 10.2. The Kier molecular flexibility index (Phi) is 5.40. The van der Waals surface area contributed by atoms with Crippen molar-refractivity contribution < 1.29 is 8.42 Å². The Morgan fingerprint density at radius 3 is 2.75 bits per heavy atom. The second-order valence-electron chi connectivity index (χ2n) is 4.88. The number of rotatable bonds is 5. The Balaban J connectivity index is 1.95. The highest BCUT2D eigenvalue weighted by Crippen LogP contribution is 2.24. The quantitative estimate of drug-likeness (QED) is 0.844. The summed E-state index contributed by atoms with van der Waals surface area (Å²) in [4.78, 5) is 2.39. The standard InChI is InChI=1S/C13H20ClN3O2S/c1-11-3-2-4-12(13(11)14)20(18,19)16-7-10-17-8-5-15-6-9-17/h2-4,15-16H,5-10H2,1H3. The van der Waals surface area contributed by atoms with Crippen LogP contribution in [0, 0.1) is 6.92 Å². The summed E-state index contributed by atoms with van der Waals surface area (Å²) in [6.07, 6.45) is 0. The van der Waals surface area contributed by atoms with Crippen LogP contribution in [0.25, 0.3) is 0 Å². The van der Waals surface area contributed by atoms with Crippen molar-refractivity contribution >= 4 is 21.6 Å². The smallest absolute Gasteiger partial charge is 0.242 e. The van der Waals surface area contributed by atoms with Gasteiger partial charge in [0.05, 0.1) is 5.02 Å². The van der Waals surface area contributed by atoms with Gasteiger partial charge in [0.15, 0.2) is 0 Å². The average Bonchev–Trinajstić information content (AvgIpc) is 2.42. The lowest BCUT2D eigenvalue weighted by Gasteiger charge is -2.27. The summed E-state index contributed by atoms with van der Waals surface area (Å²) < 4.78 is 27.1. The van der Waals surface area contributed by atoms with E-state index in [1.54, 1.807) is 19.1 Å². The molecule has 1 fully saturated rings. The van der Waals surface area contributed by atoms with Gasteiger partial charge in [-0.1, -0.05) is 23.7 Å².